The third kappa shape index (κ3) is 6.13. The number of ether oxygens (including phenoxy) is 2. The predicted octanol–water partition coefficient (Wildman–Crippen LogP) is 3.18. The van der Waals surface area contributed by atoms with Gasteiger partial charge in [0.05, 0.1) is 23.5 Å². The van der Waals surface area contributed by atoms with Crippen LogP contribution in [0.3, 0.4) is 0 Å². The molecule has 0 unspecified atom stereocenters. The van der Waals surface area contributed by atoms with Crippen molar-refractivity contribution < 1.29 is 19.1 Å². The fraction of sp³-hybridized carbons (Fsp3) is 0.636. The van der Waals surface area contributed by atoms with Crippen LogP contribution in [0.5, 0.6) is 0 Å². The fourth-order valence-electron chi connectivity index (χ4n) is 3.64. The maximum atomic E-state index is 12.9. The second-order valence-corrected chi connectivity index (χ2v) is 9.81. The molecule has 1 aliphatic rings. The van der Waals surface area contributed by atoms with Crippen LogP contribution >= 0.6 is 11.3 Å². The average Bonchev–Trinajstić information content (AvgIpc) is 3.30. The number of aromatic nitrogens is 3. The molecule has 0 saturated heterocycles. The number of aryl methyl sites for hydroxylation is 2. The van der Waals surface area contributed by atoms with Crippen LogP contribution in [0.2, 0.25) is 0 Å². The molecule has 0 spiro atoms. The molecule has 9 heteroatoms. The summed E-state index contributed by atoms with van der Waals surface area (Å²) >= 11 is 1.33. The largest absolute Gasteiger partial charge is 0.461 e. The van der Waals surface area contributed by atoms with Gasteiger partial charge < -0.3 is 14.8 Å². The van der Waals surface area contributed by atoms with Gasteiger partial charge in [-0.15, -0.1) is 11.3 Å². The van der Waals surface area contributed by atoms with Gasteiger partial charge in [0.2, 0.25) is 0 Å². The Labute approximate surface area is 187 Å². The maximum Gasteiger partial charge on any atom is 0.349 e. The summed E-state index contributed by atoms with van der Waals surface area (Å²) in [6.45, 7) is 10.7. The Balaban J connectivity index is 1.77. The van der Waals surface area contributed by atoms with Gasteiger partial charge in [-0.3, -0.25) is 9.48 Å². The summed E-state index contributed by atoms with van der Waals surface area (Å²) in [5.41, 5.74) is 2.17. The van der Waals surface area contributed by atoms with Gasteiger partial charge in [-0.25, -0.2) is 9.78 Å². The predicted molar refractivity (Wildman–Crippen MR) is 119 cm³/mol. The number of thiazole rings is 1. The topological polar surface area (TPSA) is 95.3 Å². The van der Waals surface area contributed by atoms with Crippen molar-refractivity contribution in [3.05, 3.63) is 33.0 Å². The third-order valence-corrected chi connectivity index (χ3v) is 6.07. The number of hydrogen-bond donors (Lipinski definition) is 1. The highest BCUT2D eigenvalue weighted by molar-refractivity contribution is 7.13. The Bertz CT molecular complexity index is 919. The van der Waals surface area contributed by atoms with Crippen LogP contribution in [-0.2, 0) is 28.9 Å². The molecule has 170 valence electrons. The number of fused-ring (bicyclic) bond motifs is 1. The molecule has 2 aromatic heterocycles. The Hall–Kier alpha value is -2.26. The Morgan fingerprint density at radius 3 is 2.84 bits per heavy atom. The van der Waals surface area contributed by atoms with E-state index in [1.165, 1.54) is 11.3 Å². The molecule has 2 aromatic rings. The molecule has 0 bridgehead atoms. The van der Waals surface area contributed by atoms with Crippen molar-refractivity contribution in [1.29, 1.82) is 0 Å². The molecule has 0 aliphatic carbocycles. The molecule has 0 radical (unpaired) electrons. The van der Waals surface area contributed by atoms with Gasteiger partial charge in [-0.2, -0.15) is 5.10 Å². The van der Waals surface area contributed by atoms with Crippen LogP contribution in [0.1, 0.15) is 70.0 Å². The second-order valence-electron chi connectivity index (χ2n) is 8.58. The normalized spacial score (nSPS) is 15.7. The van der Waals surface area contributed by atoms with E-state index in [2.05, 4.69) is 10.3 Å². The van der Waals surface area contributed by atoms with Crippen molar-refractivity contribution in [2.24, 2.45) is 5.41 Å². The van der Waals surface area contributed by atoms with E-state index >= 15 is 0 Å². The number of carbonyl (C=O) groups excluding carboxylic acids is 2. The number of amides is 1. The minimum atomic E-state index is -0.353. The first kappa shape index (κ1) is 23.4. The van der Waals surface area contributed by atoms with Crippen LogP contribution in [-0.4, -0.2) is 53.0 Å². The van der Waals surface area contributed by atoms with E-state index in [0.717, 1.165) is 35.5 Å². The molecule has 3 rings (SSSR count). The molecule has 1 amide bonds. The van der Waals surface area contributed by atoms with E-state index in [1.807, 2.05) is 27.7 Å². The van der Waals surface area contributed by atoms with Crippen molar-refractivity contribution in [3.63, 3.8) is 0 Å². The van der Waals surface area contributed by atoms with Gasteiger partial charge in [-0.1, -0.05) is 13.8 Å². The zero-order valence-electron chi connectivity index (χ0n) is 18.8. The van der Waals surface area contributed by atoms with Gasteiger partial charge in [0, 0.05) is 43.7 Å². The zero-order chi connectivity index (χ0) is 22.4. The lowest BCUT2D eigenvalue weighted by molar-refractivity contribution is 0.0344. The maximum absolute atomic E-state index is 12.9. The van der Waals surface area contributed by atoms with Crippen LogP contribution in [0.15, 0.2) is 6.20 Å². The van der Waals surface area contributed by atoms with Crippen LogP contribution in [0.25, 0.3) is 0 Å². The molecular formula is C22H32N4O4S. The van der Waals surface area contributed by atoms with Crippen molar-refractivity contribution in [1.82, 2.24) is 20.1 Å². The first-order valence-electron chi connectivity index (χ1n) is 10.8. The van der Waals surface area contributed by atoms with Gasteiger partial charge in [-0.05, 0) is 33.1 Å². The molecule has 31 heavy (non-hydrogen) atoms. The molecule has 8 nitrogen and oxygen atoms in total. The van der Waals surface area contributed by atoms with E-state index < -0.39 is 0 Å². The lowest BCUT2D eigenvalue weighted by Crippen LogP contribution is -2.28. The van der Waals surface area contributed by atoms with E-state index in [4.69, 9.17) is 14.6 Å². The summed E-state index contributed by atoms with van der Waals surface area (Å²) < 4.78 is 13.0. The third-order valence-electron chi connectivity index (χ3n) is 5.18. The number of rotatable bonds is 6. The average molecular weight is 449 g/mol. The van der Waals surface area contributed by atoms with Gasteiger partial charge in [0.15, 0.2) is 0 Å². The molecule has 1 N–H and O–H groups in total. The summed E-state index contributed by atoms with van der Waals surface area (Å²) in [6, 6.07) is 0. The van der Waals surface area contributed by atoms with Gasteiger partial charge >= 0.3 is 5.97 Å². The number of esters is 1. The monoisotopic (exact) mass is 448 g/mol. The highest BCUT2D eigenvalue weighted by Gasteiger charge is 2.29. The van der Waals surface area contributed by atoms with Crippen LogP contribution < -0.4 is 5.32 Å². The zero-order valence-corrected chi connectivity index (χ0v) is 19.6. The number of nitrogens with one attached hydrogen (secondary N) is 1. The Kier molecular flexibility index (Phi) is 7.83. The van der Waals surface area contributed by atoms with Crippen molar-refractivity contribution in [2.75, 3.05) is 26.4 Å². The summed E-state index contributed by atoms with van der Waals surface area (Å²) in [5.74, 6) is -0.434. The van der Waals surface area contributed by atoms with E-state index in [-0.39, 0.29) is 23.9 Å². The summed E-state index contributed by atoms with van der Waals surface area (Å²) in [7, 11) is 0. The lowest BCUT2D eigenvalue weighted by Gasteiger charge is -2.23. The second kappa shape index (κ2) is 10.4. The molecule has 0 atom stereocenters. The number of hydrogen-bond acceptors (Lipinski definition) is 7. The van der Waals surface area contributed by atoms with Crippen molar-refractivity contribution >= 4 is 23.2 Å². The van der Waals surface area contributed by atoms with Crippen LogP contribution in [0, 0.1) is 12.3 Å². The van der Waals surface area contributed by atoms with E-state index in [9.17, 15) is 9.59 Å². The highest BCUT2D eigenvalue weighted by Crippen LogP contribution is 2.27. The Morgan fingerprint density at radius 2 is 2.13 bits per heavy atom. The Morgan fingerprint density at radius 1 is 1.35 bits per heavy atom. The van der Waals surface area contributed by atoms with Crippen molar-refractivity contribution in [3.8, 4) is 0 Å². The smallest absolute Gasteiger partial charge is 0.349 e. The minimum Gasteiger partial charge on any atom is -0.461 e. The van der Waals surface area contributed by atoms with E-state index in [0.29, 0.717) is 43.3 Å². The SMILES string of the molecule is CCn1nc(CC(C)(C)COC(=O)c2cnc(C)s2)c2c1C(=O)NCCCOCCC2. The van der Waals surface area contributed by atoms with Crippen molar-refractivity contribution in [2.45, 2.75) is 59.9 Å². The summed E-state index contributed by atoms with van der Waals surface area (Å²) in [5, 5.41) is 8.60. The molecule has 0 aromatic carbocycles. The van der Waals surface area contributed by atoms with Crippen LogP contribution in [0.4, 0.5) is 0 Å². The summed E-state index contributed by atoms with van der Waals surface area (Å²) in [6.07, 6.45) is 4.52. The fourth-order valence-corrected chi connectivity index (χ4v) is 4.31. The van der Waals surface area contributed by atoms with E-state index in [1.54, 1.807) is 10.9 Å². The molecule has 0 saturated carbocycles. The molecule has 1 aliphatic heterocycles. The minimum absolute atomic E-state index is 0.0812. The number of carbonyl (C=O) groups is 2. The number of nitrogens with zero attached hydrogens (tertiary/aromatic N) is 3. The quantitative estimate of drug-likeness (QED) is 0.682. The first-order chi connectivity index (χ1) is 14.8. The van der Waals surface area contributed by atoms with Gasteiger partial charge in [0.1, 0.15) is 10.6 Å². The molecule has 0 fully saturated rings. The highest BCUT2D eigenvalue weighted by atomic mass is 32.1. The first-order valence-corrected chi connectivity index (χ1v) is 11.7. The lowest BCUT2D eigenvalue weighted by atomic mass is 9.86. The standard InChI is InChI=1S/C22H32N4O4S/c1-5-26-19-16(8-6-10-29-11-7-9-23-20(19)27)17(25-26)12-22(3,4)14-30-21(28)18-13-24-15(2)31-18/h13H,5-12,14H2,1-4H3,(H,23,27). The summed E-state index contributed by atoms with van der Waals surface area (Å²) in [4.78, 5) is 29.8. The van der Waals surface area contributed by atoms with Gasteiger partial charge in [0.25, 0.3) is 5.91 Å². The molecular weight excluding hydrogens is 416 g/mol. The molecule has 3 heterocycles.